The Morgan fingerprint density at radius 1 is 1.24 bits per heavy atom. The first-order valence-corrected chi connectivity index (χ1v) is 8.88. The van der Waals surface area contributed by atoms with E-state index in [0.29, 0.717) is 39.0 Å². The fraction of sp³-hybridized carbons (Fsp3) is 0.526. The molecule has 1 aromatic rings. The lowest BCUT2D eigenvalue weighted by Gasteiger charge is -2.24. The summed E-state index contributed by atoms with van der Waals surface area (Å²) in [5, 5.41) is 2.83. The number of likely N-dealkylation sites (tertiary alicyclic amines) is 1. The fourth-order valence-corrected chi connectivity index (χ4v) is 3.01. The average Bonchev–Trinajstić information content (AvgIpc) is 3.09. The van der Waals surface area contributed by atoms with Crippen molar-refractivity contribution in [3.8, 4) is 0 Å². The summed E-state index contributed by atoms with van der Waals surface area (Å²) in [7, 11) is 0. The van der Waals surface area contributed by atoms with Crippen molar-refractivity contribution < 1.29 is 19.1 Å². The van der Waals surface area contributed by atoms with E-state index in [0.717, 1.165) is 12.0 Å². The van der Waals surface area contributed by atoms with Crippen LogP contribution in [0.4, 0.5) is 0 Å². The Balaban J connectivity index is 1.78. The molecule has 0 aromatic heterocycles. The van der Waals surface area contributed by atoms with Crippen LogP contribution in [-0.2, 0) is 25.5 Å². The average molecular weight is 346 g/mol. The first kappa shape index (κ1) is 19.0. The second kappa shape index (κ2) is 9.81. The summed E-state index contributed by atoms with van der Waals surface area (Å²) in [5.74, 6) is -0.407. The lowest BCUT2D eigenvalue weighted by Crippen LogP contribution is -2.46. The van der Waals surface area contributed by atoms with E-state index in [9.17, 15) is 14.4 Å². The highest BCUT2D eigenvalue weighted by Gasteiger charge is 2.33. The van der Waals surface area contributed by atoms with Crippen molar-refractivity contribution >= 4 is 17.8 Å². The standard InChI is InChI=1S/C19H26N2O4/c1-2-25-18(23)11-6-12-20-19(24)16-10-7-13-21(16)17(22)14-15-8-4-3-5-9-15/h3-5,8-9,16H,2,6-7,10-14H2,1H3,(H,20,24)/t16-/m0/s1. The lowest BCUT2D eigenvalue weighted by atomic mass is 10.1. The summed E-state index contributed by atoms with van der Waals surface area (Å²) in [6.45, 7) is 3.16. The van der Waals surface area contributed by atoms with Gasteiger partial charge in [-0.25, -0.2) is 0 Å². The van der Waals surface area contributed by atoms with Crippen molar-refractivity contribution in [2.45, 2.75) is 45.1 Å². The first-order chi connectivity index (χ1) is 12.1. The summed E-state index contributed by atoms with van der Waals surface area (Å²) in [6, 6.07) is 9.15. The molecular formula is C19H26N2O4. The third-order valence-electron chi connectivity index (χ3n) is 4.24. The van der Waals surface area contributed by atoms with Crippen LogP contribution in [0.5, 0.6) is 0 Å². The quantitative estimate of drug-likeness (QED) is 0.574. The fourth-order valence-electron chi connectivity index (χ4n) is 3.01. The van der Waals surface area contributed by atoms with Crippen LogP contribution >= 0.6 is 0 Å². The minimum absolute atomic E-state index is 0.0182. The van der Waals surface area contributed by atoms with Crippen LogP contribution in [0, 0.1) is 0 Å². The molecule has 0 aliphatic carbocycles. The molecule has 1 fully saturated rings. The number of rotatable bonds is 8. The van der Waals surface area contributed by atoms with E-state index in [1.54, 1.807) is 11.8 Å². The van der Waals surface area contributed by atoms with Gasteiger partial charge in [-0.1, -0.05) is 30.3 Å². The molecule has 6 nitrogen and oxygen atoms in total. The smallest absolute Gasteiger partial charge is 0.305 e. The molecule has 1 aliphatic heterocycles. The van der Waals surface area contributed by atoms with Gasteiger partial charge in [-0.3, -0.25) is 14.4 Å². The van der Waals surface area contributed by atoms with E-state index in [2.05, 4.69) is 5.32 Å². The van der Waals surface area contributed by atoms with E-state index < -0.39 is 6.04 Å². The maximum absolute atomic E-state index is 12.5. The highest BCUT2D eigenvalue weighted by molar-refractivity contribution is 5.89. The first-order valence-electron chi connectivity index (χ1n) is 8.88. The number of esters is 1. The number of nitrogens with zero attached hydrogens (tertiary/aromatic N) is 1. The van der Waals surface area contributed by atoms with Gasteiger partial charge in [0.2, 0.25) is 11.8 Å². The maximum Gasteiger partial charge on any atom is 0.305 e. The highest BCUT2D eigenvalue weighted by atomic mass is 16.5. The Labute approximate surface area is 148 Å². The molecule has 1 aliphatic rings. The number of carbonyl (C=O) groups is 3. The number of benzene rings is 1. The molecule has 0 radical (unpaired) electrons. The topological polar surface area (TPSA) is 75.7 Å². The number of hydrogen-bond acceptors (Lipinski definition) is 4. The second-order valence-electron chi connectivity index (χ2n) is 6.11. The van der Waals surface area contributed by atoms with Crippen molar-refractivity contribution in [1.82, 2.24) is 10.2 Å². The van der Waals surface area contributed by atoms with Gasteiger partial charge in [-0.15, -0.1) is 0 Å². The number of hydrogen-bond donors (Lipinski definition) is 1. The monoisotopic (exact) mass is 346 g/mol. The number of amides is 2. The summed E-state index contributed by atoms with van der Waals surface area (Å²) in [4.78, 5) is 37.8. The van der Waals surface area contributed by atoms with Crippen LogP contribution in [0.15, 0.2) is 30.3 Å². The summed E-state index contributed by atoms with van der Waals surface area (Å²) < 4.78 is 4.85. The zero-order valence-electron chi connectivity index (χ0n) is 14.7. The summed E-state index contributed by atoms with van der Waals surface area (Å²) >= 11 is 0. The van der Waals surface area contributed by atoms with Crippen LogP contribution < -0.4 is 5.32 Å². The predicted molar refractivity (Wildman–Crippen MR) is 93.8 cm³/mol. The molecule has 0 spiro atoms. The van der Waals surface area contributed by atoms with Crippen molar-refractivity contribution in [3.63, 3.8) is 0 Å². The largest absolute Gasteiger partial charge is 0.466 e. The number of ether oxygens (including phenoxy) is 1. The van der Waals surface area contributed by atoms with E-state index >= 15 is 0 Å². The Kier molecular flexibility index (Phi) is 7.44. The molecule has 1 N–H and O–H groups in total. The van der Waals surface area contributed by atoms with Gasteiger partial charge in [0, 0.05) is 19.5 Å². The van der Waals surface area contributed by atoms with Gasteiger partial charge in [-0.05, 0) is 31.7 Å². The van der Waals surface area contributed by atoms with E-state index in [1.165, 1.54) is 0 Å². The van der Waals surface area contributed by atoms with E-state index in [1.807, 2.05) is 30.3 Å². The van der Waals surface area contributed by atoms with Gasteiger partial charge in [0.25, 0.3) is 0 Å². The van der Waals surface area contributed by atoms with Gasteiger partial charge in [-0.2, -0.15) is 0 Å². The molecule has 1 heterocycles. The van der Waals surface area contributed by atoms with Gasteiger partial charge in [0.15, 0.2) is 0 Å². The molecule has 0 bridgehead atoms. The summed E-state index contributed by atoms with van der Waals surface area (Å²) in [6.07, 6.45) is 2.66. The minimum Gasteiger partial charge on any atom is -0.466 e. The van der Waals surface area contributed by atoms with Crippen molar-refractivity contribution in [2.75, 3.05) is 19.7 Å². The number of nitrogens with one attached hydrogen (secondary N) is 1. The molecule has 2 amide bonds. The molecule has 0 unspecified atom stereocenters. The highest BCUT2D eigenvalue weighted by Crippen LogP contribution is 2.19. The van der Waals surface area contributed by atoms with E-state index in [-0.39, 0.29) is 24.2 Å². The van der Waals surface area contributed by atoms with Crippen molar-refractivity contribution in [1.29, 1.82) is 0 Å². The molecule has 1 atom stereocenters. The minimum atomic E-state index is -0.404. The zero-order chi connectivity index (χ0) is 18.1. The molecule has 1 saturated heterocycles. The Morgan fingerprint density at radius 3 is 2.72 bits per heavy atom. The van der Waals surface area contributed by atoms with Crippen LogP contribution in [-0.4, -0.2) is 48.4 Å². The van der Waals surface area contributed by atoms with Crippen LogP contribution in [0.2, 0.25) is 0 Å². The molecule has 1 aromatic carbocycles. The van der Waals surface area contributed by atoms with Gasteiger partial charge >= 0.3 is 5.97 Å². The van der Waals surface area contributed by atoms with Crippen LogP contribution in [0.1, 0.15) is 38.2 Å². The third kappa shape index (κ3) is 5.89. The molecule has 0 saturated carbocycles. The van der Waals surface area contributed by atoms with Crippen LogP contribution in [0.3, 0.4) is 0 Å². The molecule has 6 heteroatoms. The Hall–Kier alpha value is -2.37. The van der Waals surface area contributed by atoms with Gasteiger partial charge in [0.05, 0.1) is 13.0 Å². The zero-order valence-corrected chi connectivity index (χ0v) is 14.7. The Bertz CT molecular complexity index is 588. The van der Waals surface area contributed by atoms with Crippen molar-refractivity contribution in [2.24, 2.45) is 0 Å². The third-order valence-corrected chi connectivity index (χ3v) is 4.24. The van der Waals surface area contributed by atoms with E-state index in [4.69, 9.17) is 4.74 Å². The lowest BCUT2D eigenvalue weighted by molar-refractivity contribution is -0.143. The van der Waals surface area contributed by atoms with Crippen molar-refractivity contribution in [3.05, 3.63) is 35.9 Å². The maximum atomic E-state index is 12.5. The molecule has 2 rings (SSSR count). The van der Waals surface area contributed by atoms with Gasteiger partial charge < -0.3 is 15.0 Å². The normalized spacial score (nSPS) is 16.5. The molecule has 136 valence electrons. The Morgan fingerprint density at radius 2 is 2.00 bits per heavy atom. The summed E-state index contributed by atoms with van der Waals surface area (Å²) in [5.41, 5.74) is 0.952. The van der Waals surface area contributed by atoms with Crippen LogP contribution in [0.25, 0.3) is 0 Å². The van der Waals surface area contributed by atoms with Gasteiger partial charge in [0.1, 0.15) is 6.04 Å². The molecule has 25 heavy (non-hydrogen) atoms. The SMILES string of the molecule is CCOC(=O)CCCNC(=O)[C@@H]1CCCN1C(=O)Cc1ccccc1. The predicted octanol–water partition coefficient (Wildman–Crippen LogP) is 1.68. The number of carbonyl (C=O) groups excluding carboxylic acids is 3. The molecular weight excluding hydrogens is 320 g/mol. The second-order valence-corrected chi connectivity index (χ2v) is 6.11.